The monoisotopic (exact) mass is 244 g/mol. The fraction of sp³-hybridized carbons (Fsp3) is 0.111. The first-order valence-corrected chi connectivity index (χ1v) is 4.36. The number of hydrogen-bond donors (Lipinski definition) is 0. The zero-order valence-corrected chi connectivity index (χ0v) is 8.11. The smallest absolute Gasteiger partial charge is 0.206 e. The maximum absolute atomic E-state index is 13.2. The quantitative estimate of drug-likeness (QED) is 0.721. The molecule has 17 heavy (non-hydrogen) atoms. The van der Waals surface area contributed by atoms with Crippen LogP contribution in [0.2, 0.25) is 0 Å². The summed E-state index contributed by atoms with van der Waals surface area (Å²) in [7, 11) is 0. The van der Waals surface area contributed by atoms with Gasteiger partial charge in [-0.25, -0.2) is 4.39 Å². The van der Waals surface area contributed by atoms with Crippen molar-refractivity contribution in [2.24, 2.45) is 0 Å². The van der Waals surface area contributed by atoms with E-state index >= 15 is 0 Å². The number of aromatic nitrogens is 4. The Kier molecular flexibility index (Phi) is 2.70. The van der Waals surface area contributed by atoms with E-state index in [0.717, 1.165) is 12.4 Å². The van der Waals surface area contributed by atoms with Crippen LogP contribution in [0.3, 0.4) is 0 Å². The Labute approximate surface area is 92.3 Å². The minimum Gasteiger partial charge on any atom is -0.206 e. The molecule has 0 radical (unpaired) electrons. The average molecular weight is 244 g/mol. The third kappa shape index (κ3) is 2.35. The summed E-state index contributed by atoms with van der Waals surface area (Å²) in [5, 5.41) is 13.8. The standard InChI is InChI=1S/C9H4F4N4/c10-7-3-5(8-16-14-4-15-17-8)1-2-6(7)9(11,12)13/h1-4H. The van der Waals surface area contributed by atoms with Gasteiger partial charge >= 0.3 is 6.18 Å². The van der Waals surface area contributed by atoms with Crippen molar-refractivity contribution in [2.75, 3.05) is 0 Å². The van der Waals surface area contributed by atoms with E-state index in [1.54, 1.807) is 0 Å². The first-order valence-electron chi connectivity index (χ1n) is 4.36. The first kappa shape index (κ1) is 11.4. The van der Waals surface area contributed by atoms with Gasteiger partial charge in [0.2, 0.25) is 5.82 Å². The van der Waals surface area contributed by atoms with E-state index in [1.807, 2.05) is 0 Å². The molecule has 88 valence electrons. The number of nitrogens with zero attached hydrogens (tertiary/aromatic N) is 4. The highest BCUT2D eigenvalue weighted by Crippen LogP contribution is 2.32. The summed E-state index contributed by atoms with van der Waals surface area (Å²) in [5.74, 6) is -1.43. The maximum Gasteiger partial charge on any atom is 0.419 e. The Bertz CT molecular complexity index is 526. The number of hydrogen-bond acceptors (Lipinski definition) is 4. The Balaban J connectivity index is 2.45. The summed E-state index contributed by atoms with van der Waals surface area (Å²) in [6.45, 7) is 0. The van der Waals surface area contributed by atoms with Gasteiger partial charge in [0.25, 0.3) is 0 Å². The molecule has 0 aliphatic rings. The van der Waals surface area contributed by atoms with Gasteiger partial charge in [-0.1, -0.05) is 6.07 Å². The highest BCUT2D eigenvalue weighted by molar-refractivity contribution is 5.54. The van der Waals surface area contributed by atoms with E-state index in [0.29, 0.717) is 12.1 Å². The SMILES string of the molecule is Fc1cc(-c2nncnn2)ccc1C(F)(F)F. The van der Waals surface area contributed by atoms with Crippen LogP contribution in [0.4, 0.5) is 17.6 Å². The summed E-state index contributed by atoms with van der Waals surface area (Å²) < 4.78 is 50.1. The van der Waals surface area contributed by atoms with E-state index in [1.165, 1.54) is 0 Å². The van der Waals surface area contributed by atoms with Gasteiger partial charge in [0.1, 0.15) is 5.82 Å². The normalized spacial score (nSPS) is 11.5. The second-order valence-electron chi connectivity index (χ2n) is 3.06. The average Bonchev–Trinajstić information content (AvgIpc) is 2.28. The van der Waals surface area contributed by atoms with Gasteiger partial charge in [0, 0.05) is 5.56 Å². The lowest BCUT2D eigenvalue weighted by molar-refractivity contribution is -0.139. The molecule has 1 heterocycles. The molecular formula is C9H4F4N4. The molecule has 0 saturated carbocycles. The molecule has 0 unspecified atom stereocenters. The number of rotatable bonds is 1. The topological polar surface area (TPSA) is 51.6 Å². The molecule has 2 aromatic rings. The van der Waals surface area contributed by atoms with Gasteiger partial charge in [-0.05, 0) is 12.1 Å². The molecular weight excluding hydrogens is 240 g/mol. The van der Waals surface area contributed by atoms with Gasteiger partial charge < -0.3 is 0 Å². The lowest BCUT2D eigenvalue weighted by atomic mass is 10.1. The third-order valence-corrected chi connectivity index (χ3v) is 1.94. The summed E-state index contributed by atoms with van der Waals surface area (Å²) >= 11 is 0. The van der Waals surface area contributed by atoms with E-state index in [4.69, 9.17) is 0 Å². The molecule has 0 amide bonds. The fourth-order valence-corrected chi connectivity index (χ4v) is 1.20. The van der Waals surface area contributed by atoms with Crippen molar-refractivity contribution in [1.82, 2.24) is 20.4 Å². The summed E-state index contributed by atoms with van der Waals surface area (Å²) in [5.41, 5.74) is -1.26. The van der Waals surface area contributed by atoms with Crippen LogP contribution in [-0.2, 0) is 6.18 Å². The molecule has 0 saturated heterocycles. The van der Waals surface area contributed by atoms with Gasteiger partial charge in [-0.3, -0.25) is 0 Å². The molecule has 4 nitrogen and oxygen atoms in total. The predicted octanol–water partition coefficient (Wildman–Crippen LogP) is 2.09. The molecule has 0 N–H and O–H groups in total. The van der Waals surface area contributed by atoms with Crippen LogP contribution in [0.15, 0.2) is 24.5 Å². The van der Waals surface area contributed by atoms with Crippen molar-refractivity contribution in [2.45, 2.75) is 6.18 Å². The lowest BCUT2D eigenvalue weighted by Crippen LogP contribution is -2.08. The molecule has 2 rings (SSSR count). The van der Waals surface area contributed by atoms with Crippen molar-refractivity contribution in [3.8, 4) is 11.4 Å². The van der Waals surface area contributed by atoms with E-state index in [-0.39, 0.29) is 11.4 Å². The van der Waals surface area contributed by atoms with Gasteiger partial charge in [-0.2, -0.15) is 13.2 Å². The number of benzene rings is 1. The largest absolute Gasteiger partial charge is 0.419 e. The van der Waals surface area contributed by atoms with Crippen molar-refractivity contribution in [3.05, 3.63) is 35.9 Å². The highest BCUT2D eigenvalue weighted by atomic mass is 19.4. The number of halogens is 4. The zero-order chi connectivity index (χ0) is 12.5. The molecule has 1 aromatic heterocycles. The van der Waals surface area contributed by atoms with E-state index in [2.05, 4.69) is 20.4 Å². The Hall–Kier alpha value is -2.12. The summed E-state index contributed by atoms with van der Waals surface area (Å²) in [4.78, 5) is 0. The van der Waals surface area contributed by atoms with Crippen LogP contribution in [0.25, 0.3) is 11.4 Å². The van der Waals surface area contributed by atoms with Gasteiger partial charge in [0.15, 0.2) is 6.33 Å². The predicted molar refractivity (Wildman–Crippen MR) is 48.0 cm³/mol. The van der Waals surface area contributed by atoms with Crippen molar-refractivity contribution < 1.29 is 17.6 Å². The molecule has 8 heteroatoms. The molecule has 0 fully saturated rings. The van der Waals surface area contributed by atoms with Crippen molar-refractivity contribution in [1.29, 1.82) is 0 Å². The Morgan fingerprint density at radius 2 is 1.65 bits per heavy atom. The molecule has 0 aliphatic carbocycles. The van der Waals surface area contributed by atoms with Gasteiger partial charge in [-0.15, -0.1) is 20.4 Å². The van der Waals surface area contributed by atoms with E-state index in [9.17, 15) is 17.6 Å². The second-order valence-corrected chi connectivity index (χ2v) is 3.06. The molecule has 1 aromatic carbocycles. The van der Waals surface area contributed by atoms with Crippen LogP contribution < -0.4 is 0 Å². The van der Waals surface area contributed by atoms with E-state index < -0.39 is 17.6 Å². The molecule has 0 spiro atoms. The van der Waals surface area contributed by atoms with Crippen LogP contribution in [0.5, 0.6) is 0 Å². The van der Waals surface area contributed by atoms with Crippen LogP contribution >= 0.6 is 0 Å². The summed E-state index contributed by atoms with van der Waals surface area (Å²) in [6.07, 6.45) is -3.67. The maximum atomic E-state index is 13.2. The Morgan fingerprint density at radius 3 is 2.18 bits per heavy atom. The van der Waals surface area contributed by atoms with Crippen LogP contribution in [0, 0.1) is 5.82 Å². The molecule has 0 aliphatic heterocycles. The van der Waals surface area contributed by atoms with Crippen LogP contribution in [-0.4, -0.2) is 20.4 Å². The van der Waals surface area contributed by atoms with Gasteiger partial charge in [0.05, 0.1) is 5.56 Å². The fourth-order valence-electron chi connectivity index (χ4n) is 1.20. The lowest BCUT2D eigenvalue weighted by Gasteiger charge is -2.08. The molecule has 0 atom stereocenters. The van der Waals surface area contributed by atoms with Crippen molar-refractivity contribution in [3.63, 3.8) is 0 Å². The first-order chi connectivity index (χ1) is 7.98. The summed E-state index contributed by atoms with van der Waals surface area (Å²) in [6, 6.07) is 2.38. The second kappa shape index (κ2) is 4.04. The Morgan fingerprint density at radius 1 is 1.00 bits per heavy atom. The zero-order valence-electron chi connectivity index (χ0n) is 8.11. The highest BCUT2D eigenvalue weighted by Gasteiger charge is 2.34. The minimum absolute atomic E-state index is 0.0416. The minimum atomic E-state index is -4.73. The molecule has 0 bridgehead atoms. The van der Waals surface area contributed by atoms with Crippen molar-refractivity contribution >= 4 is 0 Å². The third-order valence-electron chi connectivity index (χ3n) is 1.94. The van der Waals surface area contributed by atoms with Crippen LogP contribution in [0.1, 0.15) is 5.56 Å². The number of alkyl halides is 3.